The van der Waals surface area contributed by atoms with Gasteiger partial charge in [0.25, 0.3) is 5.91 Å². The quantitative estimate of drug-likeness (QED) is 0.774. The molecule has 0 bridgehead atoms. The van der Waals surface area contributed by atoms with Gasteiger partial charge in [-0.1, -0.05) is 6.07 Å². The summed E-state index contributed by atoms with van der Waals surface area (Å²) in [5.41, 5.74) is 3.35. The molecule has 7 heteroatoms. The van der Waals surface area contributed by atoms with E-state index in [0.29, 0.717) is 12.2 Å². The number of amides is 1. The van der Waals surface area contributed by atoms with Crippen LogP contribution in [-0.4, -0.2) is 37.8 Å². The highest BCUT2D eigenvalue weighted by Gasteiger charge is 2.22. The number of carbonyl (C=O) groups is 1. The Morgan fingerprint density at radius 1 is 1.42 bits per heavy atom. The zero-order valence-corrected chi connectivity index (χ0v) is 15.1. The van der Waals surface area contributed by atoms with Crippen molar-refractivity contribution in [2.75, 3.05) is 7.05 Å². The first-order chi connectivity index (χ1) is 11.5. The summed E-state index contributed by atoms with van der Waals surface area (Å²) in [6.07, 6.45) is 0. The molecule has 3 heterocycles. The second-order valence-corrected chi connectivity index (χ2v) is 6.95. The first kappa shape index (κ1) is 16.4. The minimum Gasteiger partial charge on any atom is -0.333 e. The van der Waals surface area contributed by atoms with E-state index in [1.54, 1.807) is 22.3 Å². The van der Waals surface area contributed by atoms with Crippen LogP contribution in [-0.2, 0) is 6.54 Å². The van der Waals surface area contributed by atoms with Crippen LogP contribution in [0.2, 0.25) is 0 Å². The highest BCUT2D eigenvalue weighted by molar-refractivity contribution is 7.10. The first-order valence-electron chi connectivity index (χ1n) is 7.81. The van der Waals surface area contributed by atoms with Gasteiger partial charge in [-0.3, -0.25) is 14.6 Å². The minimum absolute atomic E-state index is 0.0219. The molecule has 126 valence electrons. The Morgan fingerprint density at radius 2 is 2.21 bits per heavy atom. The Bertz CT molecular complexity index is 833. The third kappa shape index (κ3) is 3.26. The van der Waals surface area contributed by atoms with Gasteiger partial charge in [-0.25, -0.2) is 0 Å². The molecule has 0 saturated carbocycles. The van der Waals surface area contributed by atoms with E-state index in [0.717, 1.165) is 22.0 Å². The van der Waals surface area contributed by atoms with Crippen LogP contribution in [0.4, 0.5) is 0 Å². The highest BCUT2D eigenvalue weighted by atomic mass is 32.1. The van der Waals surface area contributed by atoms with E-state index in [4.69, 9.17) is 0 Å². The van der Waals surface area contributed by atoms with Crippen LogP contribution in [0, 0.1) is 13.8 Å². The summed E-state index contributed by atoms with van der Waals surface area (Å²) in [6.45, 7) is 6.57. The van der Waals surface area contributed by atoms with E-state index in [-0.39, 0.29) is 11.9 Å². The fourth-order valence-electron chi connectivity index (χ4n) is 2.62. The van der Waals surface area contributed by atoms with Crippen LogP contribution >= 0.6 is 11.3 Å². The topological polar surface area (TPSA) is 66.8 Å². The Balaban J connectivity index is 1.72. The zero-order valence-electron chi connectivity index (χ0n) is 14.3. The molecular weight excluding hydrogens is 322 g/mol. The molecule has 1 amide bonds. The van der Waals surface area contributed by atoms with Crippen molar-refractivity contribution in [2.24, 2.45) is 0 Å². The molecule has 24 heavy (non-hydrogen) atoms. The molecule has 0 unspecified atom stereocenters. The molecular formula is C17H21N5OS. The summed E-state index contributed by atoms with van der Waals surface area (Å²) in [6, 6.07) is 7.89. The highest BCUT2D eigenvalue weighted by Crippen LogP contribution is 2.24. The monoisotopic (exact) mass is 343 g/mol. The molecule has 3 aromatic rings. The van der Waals surface area contributed by atoms with Crippen LogP contribution in [0.25, 0.3) is 0 Å². The van der Waals surface area contributed by atoms with Gasteiger partial charge in [0.1, 0.15) is 5.69 Å². The second kappa shape index (κ2) is 6.60. The fraction of sp³-hybridized carbons (Fsp3) is 0.353. The summed E-state index contributed by atoms with van der Waals surface area (Å²) in [5.74, 6) is -0.0910. The van der Waals surface area contributed by atoms with Crippen LogP contribution in [0.3, 0.4) is 0 Å². The molecule has 0 spiro atoms. The van der Waals surface area contributed by atoms with E-state index >= 15 is 0 Å². The maximum absolute atomic E-state index is 12.6. The number of nitrogens with zero attached hydrogens (tertiary/aromatic N) is 4. The lowest BCUT2D eigenvalue weighted by molar-refractivity contribution is 0.0739. The van der Waals surface area contributed by atoms with Crippen molar-refractivity contribution >= 4 is 17.2 Å². The number of H-pyrrole nitrogens is 1. The standard InChI is InChI=1S/C17H21N5OS/c1-11-8-12(2)22(20-11)10-14-9-15(19-18-14)17(23)21(4)13(3)16-6-5-7-24-16/h5-9,13H,10H2,1-4H3,(H,18,19)/t13-/m0/s1. The molecule has 0 aromatic carbocycles. The van der Waals surface area contributed by atoms with Crippen molar-refractivity contribution in [3.8, 4) is 0 Å². The summed E-state index contributed by atoms with van der Waals surface area (Å²) >= 11 is 1.65. The number of rotatable bonds is 5. The lowest BCUT2D eigenvalue weighted by atomic mass is 10.2. The summed E-state index contributed by atoms with van der Waals surface area (Å²) < 4.78 is 1.90. The molecule has 3 rings (SSSR count). The van der Waals surface area contributed by atoms with Crippen molar-refractivity contribution < 1.29 is 4.79 Å². The Kier molecular flexibility index (Phi) is 4.53. The normalized spacial score (nSPS) is 12.3. The largest absolute Gasteiger partial charge is 0.333 e. The summed E-state index contributed by atoms with van der Waals surface area (Å²) in [7, 11) is 1.81. The number of aromatic nitrogens is 4. The second-order valence-electron chi connectivity index (χ2n) is 5.97. The van der Waals surface area contributed by atoms with Gasteiger partial charge in [0.05, 0.1) is 24.0 Å². The number of hydrogen-bond acceptors (Lipinski definition) is 4. The molecule has 1 atom stereocenters. The molecule has 0 aliphatic carbocycles. The van der Waals surface area contributed by atoms with Gasteiger partial charge < -0.3 is 4.90 Å². The average molecular weight is 343 g/mol. The van der Waals surface area contributed by atoms with Crippen molar-refractivity contribution in [1.82, 2.24) is 24.9 Å². The van der Waals surface area contributed by atoms with Crippen molar-refractivity contribution in [3.05, 3.63) is 57.3 Å². The Morgan fingerprint density at radius 3 is 2.83 bits per heavy atom. The number of hydrogen-bond donors (Lipinski definition) is 1. The molecule has 0 aliphatic rings. The Hall–Kier alpha value is -2.41. The molecule has 6 nitrogen and oxygen atoms in total. The smallest absolute Gasteiger partial charge is 0.274 e. The maximum Gasteiger partial charge on any atom is 0.274 e. The van der Waals surface area contributed by atoms with Crippen LogP contribution in [0.5, 0.6) is 0 Å². The van der Waals surface area contributed by atoms with Gasteiger partial charge >= 0.3 is 0 Å². The van der Waals surface area contributed by atoms with E-state index < -0.39 is 0 Å². The molecule has 0 saturated heterocycles. The van der Waals surface area contributed by atoms with Crippen LogP contribution in [0.1, 0.15) is 45.4 Å². The number of aromatic amines is 1. The van der Waals surface area contributed by atoms with Gasteiger partial charge in [-0.2, -0.15) is 10.2 Å². The van der Waals surface area contributed by atoms with Crippen molar-refractivity contribution in [2.45, 2.75) is 33.4 Å². The first-order valence-corrected chi connectivity index (χ1v) is 8.69. The van der Waals surface area contributed by atoms with Crippen LogP contribution in [0.15, 0.2) is 29.6 Å². The third-order valence-electron chi connectivity index (χ3n) is 4.13. The maximum atomic E-state index is 12.6. The van der Waals surface area contributed by atoms with Gasteiger partial charge in [-0.15, -0.1) is 11.3 Å². The van der Waals surface area contributed by atoms with E-state index in [9.17, 15) is 4.79 Å². The van der Waals surface area contributed by atoms with Crippen molar-refractivity contribution in [1.29, 1.82) is 0 Å². The SMILES string of the molecule is Cc1cc(C)n(Cc2cc(C(=O)N(C)[C@@H](C)c3cccs3)n[nH]2)n1. The van der Waals surface area contributed by atoms with E-state index in [2.05, 4.69) is 15.3 Å². The molecule has 0 aliphatic heterocycles. The lowest BCUT2D eigenvalue weighted by Gasteiger charge is -2.23. The Labute approximate surface area is 145 Å². The zero-order chi connectivity index (χ0) is 17.3. The summed E-state index contributed by atoms with van der Waals surface area (Å²) in [4.78, 5) is 15.5. The molecule has 0 radical (unpaired) electrons. The van der Waals surface area contributed by atoms with Gasteiger partial charge in [0.2, 0.25) is 0 Å². The third-order valence-corrected chi connectivity index (χ3v) is 5.17. The van der Waals surface area contributed by atoms with Gasteiger partial charge in [0.15, 0.2) is 0 Å². The lowest BCUT2D eigenvalue weighted by Crippen LogP contribution is -2.29. The van der Waals surface area contributed by atoms with Crippen LogP contribution < -0.4 is 0 Å². The molecule has 0 fully saturated rings. The summed E-state index contributed by atoms with van der Waals surface area (Å²) in [5, 5.41) is 13.6. The molecule has 3 aromatic heterocycles. The average Bonchev–Trinajstić information content (AvgIpc) is 3.28. The van der Waals surface area contributed by atoms with Crippen molar-refractivity contribution in [3.63, 3.8) is 0 Å². The minimum atomic E-state index is -0.0910. The predicted molar refractivity (Wildman–Crippen MR) is 94.2 cm³/mol. The van der Waals surface area contributed by atoms with Gasteiger partial charge in [-0.05, 0) is 44.4 Å². The van der Waals surface area contributed by atoms with Gasteiger partial charge in [0, 0.05) is 17.6 Å². The van der Waals surface area contributed by atoms with E-state index in [1.165, 1.54) is 0 Å². The molecule has 1 N–H and O–H groups in total. The number of nitrogens with one attached hydrogen (secondary N) is 1. The number of thiophene rings is 1. The fourth-order valence-corrected chi connectivity index (χ4v) is 3.45. The van der Waals surface area contributed by atoms with E-state index in [1.807, 2.05) is 56.1 Å². The predicted octanol–water partition coefficient (Wildman–Crippen LogP) is 3.17. The number of carbonyl (C=O) groups excluding carboxylic acids is 1. The number of aryl methyl sites for hydroxylation is 2.